The molecule has 0 aliphatic carbocycles. The van der Waals surface area contributed by atoms with Gasteiger partial charge in [0, 0.05) is 22.5 Å². The largest absolute Gasteiger partial charge is 0.366 e. The van der Waals surface area contributed by atoms with Crippen LogP contribution < -0.4 is 15.8 Å². The van der Waals surface area contributed by atoms with E-state index in [4.69, 9.17) is 17.3 Å². The Balaban J connectivity index is 1.88. The highest BCUT2D eigenvalue weighted by Crippen LogP contribution is 2.28. The fourth-order valence-electron chi connectivity index (χ4n) is 2.56. The van der Waals surface area contributed by atoms with Gasteiger partial charge in [-0.25, -0.2) is 27.2 Å². The first-order valence-corrected chi connectivity index (χ1v) is 10.1. The Morgan fingerprint density at radius 1 is 1.14 bits per heavy atom. The topological polar surface area (TPSA) is 110 Å². The van der Waals surface area contributed by atoms with Crippen molar-refractivity contribution in [3.63, 3.8) is 0 Å². The van der Waals surface area contributed by atoms with Crippen LogP contribution in [0.1, 0.15) is 17.3 Å². The van der Waals surface area contributed by atoms with Gasteiger partial charge < -0.3 is 11.1 Å². The smallest absolute Gasteiger partial charge is 0.265 e. The van der Waals surface area contributed by atoms with E-state index in [-0.39, 0.29) is 17.1 Å². The third-order valence-electron chi connectivity index (χ3n) is 3.99. The lowest BCUT2D eigenvalue weighted by molar-refractivity contribution is 0.569. The van der Waals surface area contributed by atoms with Gasteiger partial charge in [-0.15, -0.1) is 0 Å². The number of sulfonamides is 1. The molecule has 0 fully saturated rings. The Hall–Kier alpha value is -2.82. The molecule has 0 aliphatic heterocycles. The second-order valence-electron chi connectivity index (χ2n) is 6.09. The summed E-state index contributed by atoms with van der Waals surface area (Å²) in [6.07, 6.45) is 1.46. The van der Waals surface area contributed by atoms with E-state index in [1.54, 1.807) is 6.92 Å². The second kappa shape index (κ2) is 8.27. The molecule has 0 amide bonds. The van der Waals surface area contributed by atoms with Gasteiger partial charge in [-0.3, -0.25) is 4.72 Å². The van der Waals surface area contributed by atoms with Crippen molar-refractivity contribution in [3.8, 4) is 0 Å². The van der Waals surface area contributed by atoms with Crippen LogP contribution in [0.3, 0.4) is 0 Å². The van der Waals surface area contributed by atoms with Crippen LogP contribution in [0.5, 0.6) is 0 Å². The molecule has 3 aromatic rings. The average molecular weight is 440 g/mol. The molecule has 4 N–H and O–H groups in total. The summed E-state index contributed by atoms with van der Waals surface area (Å²) in [7, 11) is -4.23. The van der Waals surface area contributed by atoms with Crippen molar-refractivity contribution in [2.24, 2.45) is 5.73 Å². The van der Waals surface area contributed by atoms with Gasteiger partial charge in [-0.1, -0.05) is 11.6 Å². The fraction of sp³-hybridized carbons (Fsp3) is 0.111. The van der Waals surface area contributed by atoms with Gasteiger partial charge in [0.25, 0.3) is 10.0 Å². The molecule has 1 aromatic heterocycles. The predicted molar refractivity (Wildman–Crippen MR) is 106 cm³/mol. The highest BCUT2D eigenvalue weighted by molar-refractivity contribution is 7.92. The number of benzene rings is 2. The molecule has 1 atom stereocenters. The van der Waals surface area contributed by atoms with Gasteiger partial charge >= 0.3 is 0 Å². The van der Waals surface area contributed by atoms with E-state index in [0.29, 0.717) is 10.6 Å². The molecule has 0 unspecified atom stereocenters. The van der Waals surface area contributed by atoms with Crippen molar-refractivity contribution < 1.29 is 17.2 Å². The first-order chi connectivity index (χ1) is 13.7. The van der Waals surface area contributed by atoms with Crippen LogP contribution in [0.15, 0.2) is 53.8 Å². The Bertz CT molecular complexity index is 1150. The molecule has 1 heterocycles. The molecule has 0 aliphatic rings. The molecule has 11 heteroatoms. The Morgan fingerprint density at radius 3 is 2.59 bits per heavy atom. The number of anilines is 2. The summed E-state index contributed by atoms with van der Waals surface area (Å²) in [4.78, 5) is 6.86. The molecule has 0 saturated carbocycles. The van der Waals surface area contributed by atoms with Crippen LogP contribution in [0.4, 0.5) is 20.3 Å². The summed E-state index contributed by atoms with van der Waals surface area (Å²) in [6.45, 7) is 1.56. The Kier molecular flexibility index (Phi) is 5.96. The fourth-order valence-corrected chi connectivity index (χ4v) is 3.89. The van der Waals surface area contributed by atoms with E-state index in [1.165, 1.54) is 30.5 Å². The van der Waals surface area contributed by atoms with E-state index in [1.807, 2.05) is 0 Å². The zero-order chi connectivity index (χ0) is 21.2. The SMILES string of the molecule is Cc1cc(S(=O)(=O)Nc2ccncn2)c(F)cc1N[C@@H](N)c1cc(Cl)ccc1F. The van der Waals surface area contributed by atoms with Crippen LogP contribution in [0, 0.1) is 18.6 Å². The van der Waals surface area contributed by atoms with Crippen molar-refractivity contribution in [3.05, 3.63) is 76.7 Å². The number of nitrogens with two attached hydrogens (primary N) is 1. The summed E-state index contributed by atoms with van der Waals surface area (Å²) in [6, 6.07) is 7.35. The first-order valence-electron chi connectivity index (χ1n) is 8.23. The third-order valence-corrected chi connectivity index (χ3v) is 5.60. The second-order valence-corrected chi connectivity index (χ2v) is 8.17. The lowest BCUT2D eigenvalue weighted by Gasteiger charge is -2.19. The van der Waals surface area contributed by atoms with E-state index in [9.17, 15) is 17.2 Å². The highest BCUT2D eigenvalue weighted by Gasteiger charge is 2.22. The average Bonchev–Trinajstić information content (AvgIpc) is 2.66. The van der Waals surface area contributed by atoms with Crippen LogP contribution in [-0.4, -0.2) is 18.4 Å². The van der Waals surface area contributed by atoms with Crippen molar-refractivity contribution in [1.82, 2.24) is 9.97 Å². The summed E-state index contributed by atoms with van der Waals surface area (Å²) in [5, 5.41) is 3.06. The summed E-state index contributed by atoms with van der Waals surface area (Å²) in [5.41, 5.74) is 6.63. The normalized spacial score (nSPS) is 12.4. The Labute approximate surface area is 171 Å². The molecule has 0 saturated heterocycles. The quantitative estimate of drug-likeness (QED) is 0.506. The maximum absolute atomic E-state index is 14.6. The lowest BCUT2D eigenvalue weighted by atomic mass is 10.1. The molecular weight excluding hydrogens is 424 g/mol. The van der Waals surface area contributed by atoms with Gasteiger partial charge in [0.15, 0.2) is 0 Å². The van der Waals surface area contributed by atoms with Crippen molar-refractivity contribution in [2.75, 3.05) is 10.0 Å². The van der Waals surface area contributed by atoms with Crippen LogP contribution in [0.2, 0.25) is 5.02 Å². The molecule has 0 bridgehead atoms. The number of nitrogens with one attached hydrogen (secondary N) is 2. The summed E-state index contributed by atoms with van der Waals surface area (Å²) in [5.74, 6) is -1.60. The van der Waals surface area contributed by atoms with Gasteiger partial charge in [0.2, 0.25) is 0 Å². The van der Waals surface area contributed by atoms with E-state index in [0.717, 1.165) is 18.5 Å². The molecule has 2 aromatic carbocycles. The summed E-state index contributed by atoms with van der Waals surface area (Å²) >= 11 is 5.87. The number of aromatic nitrogens is 2. The minimum absolute atomic E-state index is 0.00212. The molecule has 152 valence electrons. The van der Waals surface area contributed by atoms with E-state index < -0.39 is 32.7 Å². The van der Waals surface area contributed by atoms with Crippen LogP contribution in [0.25, 0.3) is 0 Å². The zero-order valence-electron chi connectivity index (χ0n) is 15.0. The maximum atomic E-state index is 14.6. The van der Waals surface area contributed by atoms with Gasteiger partial charge in [-0.2, -0.15) is 0 Å². The Morgan fingerprint density at radius 2 is 1.90 bits per heavy atom. The van der Waals surface area contributed by atoms with Crippen molar-refractivity contribution in [1.29, 1.82) is 0 Å². The first kappa shape index (κ1) is 20.9. The molecule has 7 nitrogen and oxygen atoms in total. The van der Waals surface area contributed by atoms with E-state index in [2.05, 4.69) is 20.0 Å². The van der Waals surface area contributed by atoms with Crippen LogP contribution >= 0.6 is 11.6 Å². The van der Waals surface area contributed by atoms with Gasteiger partial charge in [-0.05, 0) is 48.9 Å². The lowest BCUT2D eigenvalue weighted by Crippen LogP contribution is -2.22. The zero-order valence-corrected chi connectivity index (χ0v) is 16.6. The number of aryl methyl sites for hydroxylation is 1. The molecule has 29 heavy (non-hydrogen) atoms. The summed E-state index contributed by atoms with van der Waals surface area (Å²) < 4.78 is 55.7. The molecule has 3 rings (SSSR count). The van der Waals surface area contributed by atoms with E-state index >= 15 is 0 Å². The van der Waals surface area contributed by atoms with Crippen molar-refractivity contribution >= 4 is 33.1 Å². The number of halogens is 3. The third kappa shape index (κ3) is 4.78. The molecule has 0 spiro atoms. The highest BCUT2D eigenvalue weighted by atomic mass is 35.5. The number of hydrogen-bond acceptors (Lipinski definition) is 6. The van der Waals surface area contributed by atoms with Crippen molar-refractivity contribution in [2.45, 2.75) is 18.0 Å². The number of rotatable bonds is 6. The number of nitrogens with zero attached hydrogens (tertiary/aromatic N) is 2. The molecular formula is C18H16ClF2N5O2S. The minimum Gasteiger partial charge on any atom is -0.366 e. The predicted octanol–water partition coefficient (Wildman–Crippen LogP) is 3.59. The minimum atomic E-state index is -4.23. The molecule has 0 radical (unpaired) electrons. The van der Waals surface area contributed by atoms with Gasteiger partial charge in [0.05, 0.1) is 0 Å². The standard InChI is InChI=1S/C18H16ClF2N5O2S/c1-10-6-16(29(27,28)26-17-4-5-23-9-24-17)14(21)8-15(10)25-18(22)12-7-11(19)2-3-13(12)20/h2-9,18,25H,22H2,1H3,(H,23,24,26)/t18-/m1/s1. The monoisotopic (exact) mass is 439 g/mol. The van der Waals surface area contributed by atoms with Gasteiger partial charge in [0.1, 0.15) is 34.8 Å². The number of hydrogen-bond donors (Lipinski definition) is 3. The van der Waals surface area contributed by atoms with Crippen LogP contribution in [-0.2, 0) is 10.0 Å². The maximum Gasteiger partial charge on any atom is 0.265 e.